The number of hydrogen-bond acceptors (Lipinski definition) is 5. The molecule has 2 aliphatic rings. The maximum Gasteiger partial charge on any atom is 0.261 e. The van der Waals surface area contributed by atoms with Crippen LogP contribution in [0.2, 0.25) is 0 Å². The van der Waals surface area contributed by atoms with Crippen molar-refractivity contribution < 1.29 is 22.7 Å². The van der Waals surface area contributed by atoms with Gasteiger partial charge < -0.3 is 14.4 Å². The number of benzene rings is 2. The van der Waals surface area contributed by atoms with E-state index in [0.29, 0.717) is 23.7 Å². The molecule has 7 nitrogen and oxygen atoms in total. The molecule has 2 aromatic carbocycles. The molecule has 1 heterocycles. The Labute approximate surface area is 177 Å². The van der Waals surface area contributed by atoms with E-state index >= 15 is 0 Å². The number of anilines is 2. The molecule has 0 aromatic heterocycles. The molecule has 160 valence electrons. The minimum atomic E-state index is -3.82. The van der Waals surface area contributed by atoms with Crippen LogP contribution in [-0.2, 0) is 20.2 Å². The van der Waals surface area contributed by atoms with Crippen molar-refractivity contribution >= 4 is 27.3 Å². The number of ether oxygens (including phenoxy) is 2. The fraction of sp³-hybridized carbons (Fsp3) is 0.409. The number of fused-ring (bicyclic) bond motifs is 1. The monoisotopic (exact) mass is 430 g/mol. The van der Waals surface area contributed by atoms with Gasteiger partial charge in [0.25, 0.3) is 10.0 Å². The van der Waals surface area contributed by atoms with Crippen LogP contribution in [-0.4, -0.2) is 35.1 Å². The van der Waals surface area contributed by atoms with Gasteiger partial charge in [-0.3, -0.25) is 9.52 Å². The molecule has 0 radical (unpaired) electrons. The molecule has 1 saturated carbocycles. The van der Waals surface area contributed by atoms with Crippen LogP contribution in [0.15, 0.2) is 41.3 Å². The minimum absolute atomic E-state index is 0.113. The Morgan fingerprint density at radius 3 is 2.40 bits per heavy atom. The Hall–Kier alpha value is -2.74. The molecule has 0 atom stereocenters. The highest BCUT2D eigenvalue weighted by molar-refractivity contribution is 7.92. The summed E-state index contributed by atoms with van der Waals surface area (Å²) in [5.74, 6) is 1.20. The Kier molecular flexibility index (Phi) is 4.92. The normalized spacial score (nSPS) is 17.4. The molecule has 30 heavy (non-hydrogen) atoms. The molecule has 1 fully saturated rings. The number of methoxy groups -OCH3 is 2. The smallest absolute Gasteiger partial charge is 0.261 e. The molecule has 0 unspecified atom stereocenters. The molecule has 1 amide bonds. The predicted molar refractivity (Wildman–Crippen MR) is 115 cm³/mol. The second-order valence-corrected chi connectivity index (χ2v) is 10.1. The van der Waals surface area contributed by atoms with E-state index < -0.39 is 10.0 Å². The minimum Gasteiger partial charge on any atom is -0.493 e. The van der Waals surface area contributed by atoms with Crippen molar-refractivity contribution in [2.45, 2.75) is 37.0 Å². The van der Waals surface area contributed by atoms with Crippen LogP contribution in [0.3, 0.4) is 0 Å². The van der Waals surface area contributed by atoms with E-state index in [1.807, 2.05) is 18.7 Å². The van der Waals surface area contributed by atoms with Gasteiger partial charge in [0.15, 0.2) is 11.5 Å². The summed E-state index contributed by atoms with van der Waals surface area (Å²) in [5, 5.41) is 0. The van der Waals surface area contributed by atoms with Gasteiger partial charge in [0.1, 0.15) is 0 Å². The zero-order chi connectivity index (χ0) is 21.7. The lowest BCUT2D eigenvalue weighted by atomic mass is 9.87. The van der Waals surface area contributed by atoms with Gasteiger partial charge in [0.05, 0.1) is 24.8 Å². The summed E-state index contributed by atoms with van der Waals surface area (Å²) in [5.41, 5.74) is 1.72. The number of carbonyl (C=O) groups excluding carboxylic acids is 1. The van der Waals surface area contributed by atoms with Crippen molar-refractivity contribution in [2.24, 2.45) is 5.92 Å². The van der Waals surface area contributed by atoms with Gasteiger partial charge in [-0.2, -0.15) is 0 Å². The summed E-state index contributed by atoms with van der Waals surface area (Å²) in [6.07, 6.45) is 1.87. The lowest BCUT2D eigenvalue weighted by molar-refractivity contribution is -0.119. The molecule has 2 aromatic rings. The van der Waals surface area contributed by atoms with Crippen LogP contribution < -0.4 is 19.1 Å². The average molecular weight is 431 g/mol. The first-order valence-corrected chi connectivity index (χ1v) is 11.4. The van der Waals surface area contributed by atoms with E-state index in [-0.39, 0.29) is 22.1 Å². The van der Waals surface area contributed by atoms with Gasteiger partial charge in [-0.05, 0) is 48.7 Å². The molecular formula is C22H26N2O5S. The molecule has 1 N–H and O–H groups in total. The van der Waals surface area contributed by atoms with Crippen molar-refractivity contribution in [3.63, 3.8) is 0 Å². The van der Waals surface area contributed by atoms with Crippen molar-refractivity contribution in [1.29, 1.82) is 0 Å². The number of amides is 1. The van der Waals surface area contributed by atoms with Crippen LogP contribution in [0.1, 0.15) is 32.3 Å². The average Bonchev–Trinajstić information content (AvgIpc) is 3.52. The molecule has 0 bridgehead atoms. The number of hydrogen-bond donors (Lipinski definition) is 1. The van der Waals surface area contributed by atoms with Crippen LogP contribution in [0.25, 0.3) is 0 Å². The van der Waals surface area contributed by atoms with Crippen LogP contribution >= 0.6 is 0 Å². The SMILES string of the molecule is COc1ccc(NS(=O)(=O)c2ccc3c(c2)C(C)(C)CN3C(=O)C2CC2)cc1OC. The van der Waals surface area contributed by atoms with E-state index in [4.69, 9.17) is 9.47 Å². The summed E-state index contributed by atoms with van der Waals surface area (Å²) < 4.78 is 39.1. The third-order valence-electron chi connectivity index (χ3n) is 5.68. The second-order valence-electron chi connectivity index (χ2n) is 8.44. The van der Waals surface area contributed by atoms with Gasteiger partial charge in [-0.25, -0.2) is 8.42 Å². The maximum absolute atomic E-state index is 13.0. The summed E-state index contributed by atoms with van der Waals surface area (Å²) in [6, 6.07) is 9.81. The zero-order valence-electron chi connectivity index (χ0n) is 17.6. The number of nitrogens with zero attached hydrogens (tertiary/aromatic N) is 1. The van der Waals surface area contributed by atoms with Gasteiger partial charge >= 0.3 is 0 Å². The Balaban J connectivity index is 1.65. The highest BCUT2D eigenvalue weighted by atomic mass is 32.2. The molecule has 4 rings (SSSR count). The van der Waals surface area contributed by atoms with Gasteiger partial charge in [0, 0.05) is 29.6 Å². The zero-order valence-corrected chi connectivity index (χ0v) is 18.4. The third kappa shape index (κ3) is 3.60. The number of sulfonamides is 1. The van der Waals surface area contributed by atoms with Crippen molar-refractivity contribution in [2.75, 3.05) is 30.4 Å². The first-order valence-electron chi connectivity index (χ1n) is 9.87. The number of carbonyl (C=O) groups is 1. The Bertz CT molecular complexity index is 1110. The third-order valence-corrected chi connectivity index (χ3v) is 7.06. The lowest BCUT2D eigenvalue weighted by Gasteiger charge is -2.20. The predicted octanol–water partition coefficient (Wildman–Crippen LogP) is 3.54. The fourth-order valence-electron chi connectivity index (χ4n) is 3.89. The quantitative estimate of drug-likeness (QED) is 0.758. The Morgan fingerprint density at radius 1 is 1.07 bits per heavy atom. The second kappa shape index (κ2) is 7.19. The molecule has 1 aliphatic heterocycles. The standard InChI is InChI=1S/C22H26N2O5S/c1-22(2)13-24(21(25)14-5-6-14)18-9-8-16(12-17(18)22)30(26,27)23-15-7-10-19(28-3)20(11-15)29-4/h7-12,14,23H,5-6,13H2,1-4H3. The topological polar surface area (TPSA) is 84.9 Å². The Morgan fingerprint density at radius 2 is 1.77 bits per heavy atom. The number of nitrogens with one attached hydrogen (secondary N) is 1. The summed E-state index contributed by atoms with van der Waals surface area (Å²) in [6.45, 7) is 4.62. The van der Waals surface area contributed by atoms with Gasteiger partial charge in [0.2, 0.25) is 5.91 Å². The van der Waals surface area contributed by atoms with Crippen molar-refractivity contribution in [3.05, 3.63) is 42.0 Å². The lowest BCUT2D eigenvalue weighted by Crippen LogP contribution is -2.34. The molecular weight excluding hydrogens is 404 g/mol. The van der Waals surface area contributed by atoms with E-state index in [2.05, 4.69) is 4.72 Å². The van der Waals surface area contributed by atoms with E-state index in [1.165, 1.54) is 14.2 Å². The highest BCUT2D eigenvalue weighted by Crippen LogP contribution is 2.44. The highest BCUT2D eigenvalue weighted by Gasteiger charge is 2.43. The van der Waals surface area contributed by atoms with Crippen molar-refractivity contribution in [3.8, 4) is 11.5 Å². The summed E-state index contributed by atoms with van der Waals surface area (Å²) in [7, 11) is -0.809. The first-order chi connectivity index (χ1) is 14.2. The summed E-state index contributed by atoms with van der Waals surface area (Å²) in [4.78, 5) is 14.6. The van der Waals surface area contributed by atoms with Crippen molar-refractivity contribution in [1.82, 2.24) is 0 Å². The van der Waals surface area contributed by atoms with E-state index in [0.717, 1.165) is 24.1 Å². The van der Waals surface area contributed by atoms with Crippen LogP contribution in [0, 0.1) is 5.92 Å². The maximum atomic E-state index is 13.0. The van der Waals surface area contributed by atoms with Crippen LogP contribution in [0.5, 0.6) is 11.5 Å². The summed E-state index contributed by atoms with van der Waals surface area (Å²) >= 11 is 0. The fourth-order valence-corrected chi connectivity index (χ4v) is 4.96. The molecule has 1 aliphatic carbocycles. The van der Waals surface area contributed by atoms with E-state index in [1.54, 1.807) is 36.4 Å². The largest absolute Gasteiger partial charge is 0.493 e. The first kappa shape index (κ1) is 20.5. The van der Waals surface area contributed by atoms with Gasteiger partial charge in [-0.1, -0.05) is 13.8 Å². The van der Waals surface area contributed by atoms with Gasteiger partial charge in [-0.15, -0.1) is 0 Å². The molecule has 0 spiro atoms. The molecule has 8 heteroatoms. The molecule has 0 saturated heterocycles. The van der Waals surface area contributed by atoms with E-state index in [9.17, 15) is 13.2 Å². The van der Waals surface area contributed by atoms with Crippen LogP contribution in [0.4, 0.5) is 11.4 Å². The number of rotatable bonds is 6.